The zero-order valence-electron chi connectivity index (χ0n) is 10.9. The lowest BCUT2D eigenvalue weighted by Crippen LogP contribution is -2.40. The SMILES string of the molecule is CC(C)CN=C(N)N(CCC#N)CC(C)C. The summed E-state index contributed by atoms with van der Waals surface area (Å²) in [5.74, 6) is 1.60. The Morgan fingerprint density at radius 2 is 1.94 bits per heavy atom. The van der Waals surface area contributed by atoms with Crippen molar-refractivity contribution in [2.45, 2.75) is 34.1 Å². The molecule has 0 aliphatic rings. The van der Waals surface area contributed by atoms with E-state index in [4.69, 9.17) is 11.0 Å². The molecule has 0 aromatic carbocycles. The van der Waals surface area contributed by atoms with Gasteiger partial charge in [-0.15, -0.1) is 0 Å². The van der Waals surface area contributed by atoms with Crippen molar-refractivity contribution in [2.75, 3.05) is 19.6 Å². The minimum atomic E-state index is 0.491. The molecular formula is C12H24N4. The minimum absolute atomic E-state index is 0.491. The number of guanidine groups is 1. The van der Waals surface area contributed by atoms with Gasteiger partial charge in [-0.3, -0.25) is 4.99 Å². The highest BCUT2D eigenvalue weighted by Gasteiger charge is 2.09. The van der Waals surface area contributed by atoms with Gasteiger partial charge < -0.3 is 10.6 Å². The largest absolute Gasteiger partial charge is 0.370 e. The van der Waals surface area contributed by atoms with Crippen molar-refractivity contribution in [3.05, 3.63) is 0 Å². The van der Waals surface area contributed by atoms with E-state index in [1.54, 1.807) is 0 Å². The van der Waals surface area contributed by atoms with E-state index in [-0.39, 0.29) is 0 Å². The monoisotopic (exact) mass is 224 g/mol. The van der Waals surface area contributed by atoms with Gasteiger partial charge in [-0.2, -0.15) is 5.26 Å². The predicted octanol–water partition coefficient (Wildman–Crippen LogP) is 1.83. The van der Waals surface area contributed by atoms with Crippen LogP contribution < -0.4 is 5.73 Å². The molecule has 0 amide bonds. The average molecular weight is 224 g/mol. The second kappa shape index (κ2) is 7.98. The number of aliphatic imine (C=N–C) groups is 1. The highest BCUT2D eigenvalue weighted by Crippen LogP contribution is 2.01. The molecule has 4 nitrogen and oxygen atoms in total. The minimum Gasteiger partial charge on any atom is -0.370 e. The maximum absolute atomic E-state index is 8.59. The lowest BCUT2D eigenvalue weighted by molar-refractivity contribution is 0.366. The Bertz CT molecular complexity index is 250. The molecule has 0 aliphatic carbocycles. The molecule has 0 bridgehead atoms. The van der Waals surface area contributed by atoms with Crippen LogP contribution >= 0.6 is 0 Å². The van der Waals surface area contributed by atoms with Crippen LogP contribution in [-0.4, -0.2) is 30.5 Å². The first-order valence-electron chi connectivity index (χ1n) is 5.89. The van der Waals surface area contributed by atoms with Gasteiger partial charge in [-0.1, -0.05) is 27.7 Å². The summed E-state index contributed by atoms with van der Waals surface area (Å²) in [5, 5.41) is 8.59. The molecule has 0 aliphatic heterocycles. The van der Waals surface area contributed by atoms with Crippen molar-refractivity contribution in [3.63, 3.8) is 0 Å². The molecule has 0 atom stereocenters. The molecule has 2 N–H and O–H groups in total. The summed E-state index contributed by atoms with van der Waals surface area (Å²) in [7, 11) is 0. The number of nitrogens with zero attached hydrogens (tertiary/aromatic N) is 3. The van der Waals surface area contributed by atoms with E-state index in [9.17, 15) is 0 Å². The first-order chi connectivity index (χ1) is 7.47. The second-order valence-corrected chi connectivity index (χ2v) is 4.84. The summed E-state index contributed by atoms with van der Waals surface area (Å²) >= 11 is 0. The van der Waals surface area contributed by atoms with Crippen LogP contribution in [0.5, 0.6) is 0 Å². The number of rotatable bonds is 6. The van der Waals surface area contributed by atoms with Gasteiger partial charge in [0.05, 0.1) is 12.5 Å². The third-order valence-corrected chi connectivity index (χ3v) is 2.02. The number of hydrogen-bond donors (Lipinski definition) is 1. The number of nitriles is 1. The molecule has 0 aromatic rings. The van der Waals surface area contributed by atoms with Gasteiger partial charge in [0.1, 0.15) is 0 Å². The summed E-state index contributed by atoms with van der Waals surface area (Å²) in [4.78, 5) is 6.34. The van der Waals surface area contributed by atoms with Crippen molar-refractivity contribution < 1.29 is 0 Å². The van der Waals surface area contributed by atoms with Crippen molar-refractivity contribution in [1.29, 1.82) is 5.26 Å². The summed E-state index contributed by atoms with van der Waals surface area (Å²) in [6.45, 7) is 10.8. The average Bonchev–Trinajstić information content (AvgIpc) is 2.20. The Hall–Kier alpha value is -1.24. The van der Waals surface area contributed by atoms with Gasteiger partial charge >= 0.3 is 0 Å². The molecule has 0 saturated heterocycles. The van der Waals surface area contributed by atoms with Gasteiger partial charge in [0.15, 0.2) is 5.96 Å². The third kappa shape index (κ3) is 7.10. The van der Waals surface area contributed by atoms with Crippen molar-refractivity contribution in [2.24, 2.45) is 22.6 Å². The molecule has 0 aromatic heterocycles. The smallest absolute Gasteiger partial charge is 0.191 e. The molecular weight excluding hydrogens is 200 g/mol. The lowest BCUT2D eigenvalue weighted by Gasteiger charge is -2.24. The molecule has 0 rings (SSSR count). The Morgan fingerprint density at radius 3 is 2.38 bits per heavy atom. The van der Waals surface area contributed by atoms with Crippen LogP contribution in [0.1, 0.15) is 34.1 Å². The Kier molecular flexibility index (Phi) is 7.36. The summed E-state index contributed by atoms with van der Waals surface area (Å²) in [6, 6.07) is 2.14. The first-order valence-corrected chi connectivity index (χ1v) is 5.89. The summed E-state index contributed by atoms with van der Waals surface area (Å²) < 4.78 is 0. The summed E-state index contributed by atoms with van der Waals surface area (Å²) in [5.41, 5.74) is 5.92. The van der Waals surface area contributed by atoms with Gasteiger partial charge in [-0.25, -0.2) is 0 Å². The van der Waals surface area contributed by atoms with E-state index in [1.807, 2.05) is 4.90 Å². The van der Waals surface area contributed by atoms with E-state index in [2.05, 4.69) is 38.8 Å². The molecule has 4 heteroatoms. The Morgan fingerprint density at radius 1 is 1.31 bits per heavy atom. The highest BCUT2D eigenvalue weighted by molar-refractivity contribution is 5.78. The van der Waals surface area contributed by atoms with Crippen molar-refractivity contribution >= 4 is 5.96 Å². The van der Waals surface area contributed by atoms with Crippen LogP contribution in [0.4, 0.5) is 0 Å². The molecule has 0 unspecified atom stereocenters. The zero-order valence-corrected chi connectivity index (χ0v) is 10.9. The Labute approximate surface area is 99.1 Å². The van der Waals surface area contributed by atoms with Crippen LogP contribution in [-0.2, 0) is 0 Å². The van der Waals surface area contributed by atoms with Crippen LogP contribution in [0.3, 0.4) is 0 Å². The number of nitrogens with two attached hydrogens (primary N) is 1. The topological polar surface area (TPSA) is 65.4 Å². The van der Waals surface area contributed by atoms with Crippen LogP contribution in [0.2, 0.25) is 0 Å². The quantitative estimate of drug-likeness (QED) is 0.553. The fourth-order valence-electron chi connectivity index (χ4n) is 1.30. The van der Waals surface area contributed by atoms with Crippen molar-refractivity contribution in [1.82, 2.24) is 4.90 Å². The molecule has 0 heterocycles. The van der Waals surface area contributed by atoms with Crippen LogP contribution in [0.15, 0.2) is 4.99 Å². The molecule has 0 spiro atoms. The maximum Gasteiger partial charge on any atom is 0.191 e. The third-order valence-electron chi connectivity index (χ3n) is 2.02. The van der Waals surface area contributed by atoms with Gasteiger partial charge in [0.2, 0.25) is 0 Å². The maximum atomic E-state index is 8.59. The lowest BCUT2D eigenvalue weighted by atomic mass is 10.2. The van der Waals surface area contributed by atoms with E-state index >= 15 is 0 Å². The van der Waals surface area contributed by atoms with Crippen molar-refractivity contribution in [3.8, 4) is 6.07 Å². The predicted molar refractivity (Wildman–Crippen MR) is 68.0 cm³/mol. The normalized spacial score (nSPS) is 11.9. The molecule has 0 saturated carbocycles. The van der Waals surface area contributed by atoms with Crippen LogP contribution in [0, 0.1) is 23.2 Å². The van der Waals surface area contributed by atoms with Gasteiger partial charge in [-0.05, 0) is 11.8 Å². The van der Waals surface area contributed by atoms with E-state index < -0.39 is 0 Å². The number of hydrogen-bond acceptors (Lipinski definition) is 2. The zero-order chi connectivity index (χ0) is 12.6. The first kappa shape index (κ1) is 14.8. The molecule has 92 valence electrons. The van der Waals surface area contributed by atoms with E-state index in [0.717, 1.165) is 13.1 Å². The van der Waals surface area contributed by atoms with Crippen LogP contribution in [0.25, 0.3) is 0 Å². The standard InChI is InChI=1S/C12H24N4/c1-10(2)8-15-12(14)16(7-5-6-13)9-11(3)4/h10-11H,5,7-9H2,1-4H3,(H2,14,15). The molecule has 16 heavy (non-hydrogen) atoms. The highest BCUT2D eigenvalue weighted by atomic mass is 15.2. The van der Waals surface area contributed by atoms with E-state index in [1.165, 1.54) is 0 Å². The van der Waals surface area contributed by atoms with Gasteiger partial charge in [0.25, 0.3) is 0 Å². The summed E-state index contributed by atoms with van der Waals surface area (Å²) in [6.07, 6.45) is 0.491. The second-order valence-electron chi connectivity index (χ2n) is 4.84. The Balaban J connectivity index is 4.36. The van der Waals surface area contributed by atoms with Gasteiger partial charge in [0, 0.05) is 19.6 Å². The molecule has 0 fully saturated rings. The van der Waals surface area contributed by atoms with E-state index in [0.29, 0.717) is 30.8 Å². The fourth-order valence-corrected chi connectivity index (χ4v) is 1.30. The fraction of sp³-hybridized carbons (Fsp3) is 0.833. The molecule has 0 radical (unpaired) electrons.